The van der Waals surface area contributed by atoms with Crippen LogP contribution >= 0.6 is 0 Å². The van der Waals surface area contributed by atoms with Gasteiger partial charge in [0.15, 0.2) is 0 Å². The molecule has 0 aliphatic heterocycles. The fourth-order valence-corrected chi connectivity index (χ4v) is 3.49. The van der Waals surface area contributed by atoms with Crippen LogP contribution in [-0.2, 0) is 32.0 Å². The van der Waals surface area contributed by atoms with Crippen molar-refractivity contribution in [1.82, 2.24) is 25.9 Å². The number of nitrogens with two attached hydrogens (primary N) is 2. The highest BCUT2D eigenvalue weighted by Gasteiger charge is 2.28. The molecule has 1 heterocycles. The minimum atomic E-state index is -1.17. The third-order valence-corrected chi connectivity index (χ3v) is 5.56. The molecule has 196 valence electrons. The minimum Gasteiger partial charge on any atom is -0.480 e. The molecule has 1 aromatic carbocycles. The number of rotatable bonds is 15. The van der Waals surface area contributed by atoms with Crippen LogP contribution in [0.3, 0.4) is 0 Å². The summed E-state index contributed by atoms with van der Waals surface area (Å²) in [6.45, 7) is 1.87. The molecule has 36 heavy (non-hydrogen) atoms. The Hall–Kier alpha value is -3.77. The zero-order valence-corrected chi connectivity index (χ0v) is 20.3. The first-order chi connectivity index (χ1) is 17.2. The smallest absolute Gasteiger partial charge is 0.326 e. The zero-order chi connectivity index (χ0) is 26.5. The molecule has 0 fully saturated rings. The molecule has 12 nitrogen and oxygen atoms in total. The lowest BCUT2D eigenvalue weighted by molar-refractivity contribution is -0.142. The number of aliphatic carboxylic acids is 1. The Balaban J connectivity index is 2.04. The summed E-state index contributed by atoms with van der Waals surface area (Å²) in [5.74, 6) is -2.95. The standard InChI is InChI=1S/C24H35N7O5/c1-15(21(32)30-19(24(35)36)9-5-6-10-25)29-23(34)20(11-16-7-3-2-4-8-16)31-22(33)18(26)12-17-13-27-14-28-17/h2-4,7-8,13-15,18-20H,5-6,9-12,25-26H2,1H3,(H,27,28)(H,29,34)(H,30,32)(H,31,33)(H,35,36). The van der Waals surface area contributed by atoms with Crippen LogP contribution in [-0.4, -0.2) is 69.5 Å². The Labute approximate surface area is 209 Å². The Kier molecular flexibility index (Phi) is 11.5. The average Bonchev–Trinajstić information content (AvgIpc) is 3.36. The molecule has 2 aromatic rings. The number of aromatic amines is 1. The fourth-order valence-electron chi connectivity index (χ4n) is 3.49. The lowest BCUT2D eigenvalue weighted by Crippen LogP contribution is -2.57. The summed E-state index contributed by atoms with van der Waals surface area (Å²) >= 11 is 0. The molecule has 4 unspecified atom stereocenters. The zero-order valence-electron chi connectivity index (χ0n) is 20.3. The third kappa shape index (κ3) is 9.47. The maximum absolute atomic E-state index is 13.1. The molecular weight excluding hydrogens is 466 g/mol. The monoisotopic (exact) mass is 501 g/mol. The number of benzene rings is 1. The molecule has 0 aliphatic rings. The summed E-state index contributed by atoms with van der Waals surface area (Å²) in [5, 5.41) is 17.1. The van der Waals surface area contributed by atoms with E-state index in [1.807, 2.05) is 30.3 Å². The number of carboxylic acid groups (broad SMARTS) is 1. The number of amides is 3. The molecule has 0 radical (unpaired) electrons. The molecular formula is C24H35N7O5. The lowest BCUT2D eigenvalue weighted by Gasteiger charge is -2.23. The van der Waals surface area contributed by atoms with E-state index in [0.717, 1.165) is 5.56 Å². The topological polar surface area (TPSA) is 205 Å². The maximum Gasteiger partial charge on any atom is 0.326 e. The predicted molar refractivity (Wildman–Crippen MR) is 132 cm³/mol. The quantitative estimate of drug-likeness (QED) is 0.154. The van der Waals surface area contributed by atoms with Gasteiger partial charge in [-0.1, -0.05) is 30.3 Å². The van der Waals surface area contributed by atoms with Crippen molar-refractivity contribution < 1.29 is 24.3 Å². The Morgan fingerprint density at radius 1 is 0.972 bits per heavy atom. The minimum absolute atomic E-state index is 0.167. The van der Waals surface area contributed by atoms with Crippen molar-refractivity contribution in [3.63, 3.8) is 0 Å². The number of hydrogen-bond donors (Lipinski definition) is 7. The van der Waals surface area contributed by atoms with Crippen LogP contribution in [0, 0.1) is 0 Å². The highest BCUT2D eigenvalue weighted by atomic mass is 16.4. The van der Waals surface area contributed by atoms with E-state index in [1.165, 1.54) is 13.3 Å². The number of aromatic nitrogens is 2. The van der Waals surface area contributed by atoms with E-state index in [9.17, 15) is 24.3 Å². The molecule has 0 aliphatic carbocycles. The van der Waals surface area contributed by atoms with Gasteiger partial charge in [-0.3, -0.25) is 14.4 Å². The van der Waals surface area contributed by atoms with Crippen LogP contribution in [0.5, 0.6) is 0 Å². The van der Waals surface area contributed by atoms with E-state index in [-0.39, 0.29) is 19.3 Å². The van der Waals surface area contributed by atoms with E-state index >= 15 is 0 Å². The van der Waals surface area contributed by atoms with Crippen molar-refractivity contribution in [2.45, 2.75) is 63.2 Å². The molecule has 2 rings (SSSR count). The van der Waals surface area contributed by atoms with Crippen molar-refractivity contribution in [1.29, 1.82) is 0 Å². The number of imidazole rings is 1. The first-order valence-electron chi connectivity index (χ1n) is 11.8. The second-order valence-electron chi connectivity index (χ2n) is 8.55. The van der Waals surface area contributed by atoms with Gasteiger partial charge in [0, 0.05) is 24.7 Å². The summed E-state index contributed by atoms with van der Waals surface area (Å²) in [6.07, 6.45) is 4.80. The first kappa shape index (κ1) is 28.5. The van der Waals surface area contributed by atoms with Crippen LogP contribution < -0.4 is 27.4 Å². The number of nitrogens with zero attached hydrogens (tertiary/aromatic N) is 1. The highest BCUT2D eigenvalue weighted by molar-refractivity contribution is 5.94. The van der Waals surface area contributed by atoms with Crippen molar-refractivity contribution in [2.24, 2.45) is 11.5 Å². The maximum atomic E-state index is 13.1. The van der Waals surface area contributed by atoms with Gasteiger partial charge in [-0.15, -0.1) is 0 Å². The van der Waals surface area contributed by atoms with Crippen LogP contribution in [0.15, 0.2) is 42.9 Å². The second-order valence-corrected chi connectivity index (χ2v) is 8.55. The van der Waals surface area contributed by atoms with Crippen molar-refractivity contribution >= 4 is 23.7 Å². The Bertz CT molecular complexity index is 984. The molecule has 0 bridgehead atoms. The van der Waals surface area contributed by atoms with Gasteiger partial charge in [0.2, 0.25) is 17.7 Å². The SMILES string of the molecule is CC(NC(=O)C(Cc1ccccc1)NC(=O)C(N)Cc1cnc[nH]1)C(=O)NC(CCCCN)C(=O)O. The summed E-state index contributed by atoms with van der Waals surface area (Å²) in [5.41, 5.74) is 12.9. The van der Waals surface area contributed by atoms with E-state index in [4.69, 9.17) is 11.5 Å². The number of nitrogens with one attached hydrogen (secondary N) is 4. The van der Waals surface area contributed by atoms with Gasteiger partial charge in [-0.05, 0) is 38.3 Å². The second kappa shape index (κ2) is 14.6. The lowest BCUT2D eigenvalue weighted by atomic mass is 10.0. The Morgan fingerprint density at radius 2 is 1.67 bits per heavy atom. The van der Waals surface area contributed by atoms with Crippen molar-refractivity contribution in [2.75, 3.05) is 6.54 Å². The number of hydrogen-bond acceptors (Lipinski definition) is 7. The van der Waals surface area contributed by atoms with Crippen molar-refractivity contribution in [3.8, 4) is 0 Å². The molecule has 0 saturated heterocycles. The van der Waals surface area contributed by atoms with Gasteiger partial charge < -0.3 is 37.5 Å². The first-order valence-corrected chi connectivity index (χ1v) is 11.8. The number of carboxylic acids is 1. The van der Waals surface area contributed by atoms with Gasteiger partial charge in [-0.25, -0.2) is 9.78 Å². The molecule has 0 spiro atoms. The third-order valence-electron chi connectivity index (χ3n) is 5.56. The number of carbonyl (C=O) groups is 4. The largest absolute Gasteiger partial charge is 0.480 e. The van der Waals surface area contributed by atoms with Gasteiger partial charge in [0.25, 0.3) is 0 Å². The predicted octanol–water partition coefficient (Wildman–Crippen LogP) is -0.790. The summed E-state index contributed by atoms with van der Waals surface area (Å²) in [4.78, 5) is 56.6. The van der Waals surface area contributed by atoms with E-state index in [2.05, 4.69) is 25.9 Å². The fraction of sp³-hybridized carbons (Fsp3) is 0.458. The normalized spacial score (nSPS) is 14.2. The molecule has 4 atom stereocenters. The molecule has 9 N–H and O–H groups in total. The van der Waals surface area contributed by atoms with Gasteiger partial charge in [0.1, 0.15) is 18.1 Å². The van der Waals surface area contributed by atoms with Crippen LogP contribution in [0.25, 0.3) is 0 Å². The van der Waals surface area contributed by atoms with E-state index in [1.54, 1.807) is 6.20 Å². The van der Waals surface area contributed by atoms with E-state index < -0.39 is 47.9 Å². The van der Waals surface area contributed by atoms with Gasteiger partial charge >= 0.3 is 5.97 Å². The van der Waals surface area contributed by atoms with E-state index in [0.29, 0.717) is 25.1 Å². The molecule has 0 saturated carbocycles. The summed E-state index contributed by atoms with van der Waals surface area (Å²) in [6, 6.07) is 5.00. The summed E-state index contributed by atoms with van der Waals surface area (Å²) in [7, 11) is 0. The molecule has 1 aromatic heterocycles. The Morgan fingerprint density at radius 3 is 2.28 bits per heavy atom. The van der Waals surface area contributed by atoms with Crippen LogP contribution in [0.4, 0.5) is 0 Å². The number of H-pyrrole nitrogens is 1. The van der Waals surface area contributed by atoms with Crippen molar-refractivity contribution in [3.05, 3.63) is 54.1 Å². The van der Waals surface area contributed by atoms with Gasteiger partial charge in [-0.2, -0.15) is 0 Å². The average molecular weight is 502 g/mol. The van der Waals surface area contributed by atoms with Gasteiger partial charge in [0.05, 0.1) is 12.4 Å². The highest BCUT2D eigenvalue weighted by Crippen LogP contribution is 2.06. The van der Waals surface area contributed by atoms with Crippen LogP contribution in [0.2, 0.25) is 0 Å². The van der Waals surface area contributed by atoms with Crippen LogP contribution in [0.1, 0.15) is 37.4 Å². The number of carbonyl (C=O) groups excluding carboxylic acids is 3. The molecule has 12 heteroatoms. The summed E-state index contributed by atoms with van der Waals surface area (Å²) < 4.78 is 0. The molecule has 3 amide bonds. The number of unbranched alkanes of at least 4 members (excludes halogenated alkanes) is 1.